The van der Waals surface area contributed by atoms with Crippen molar-refractivity contribution in [3.8, 4) is 0 Å². The van der Waals surface area contributed by atoms with Gasteiger partial charge in [0.05, 0.1) is 7.11 Å². The van der Waals surface area contributed by atoms with Crippen LogP contribution in [0.4, 0.5) is 15.6 Å². The number of ether oxygens (including phenoxy) is 1. The van der Waals surface area contributed by atoms with Crippen LogP contribution in [-0.2, 0) is 19.1 Å². The van der Waals surface area contributed by atoms with Gasteiger partial charge in [0.15, 0.2) is 10.8 Å². The third-order valence-corrected chi connectivity index (χ3v) is 6.77. The predicted octanol–water partition coefficient (Wildman–Crippen LogP) is 3.29. The molecule has 1 aliphatic heterocycles. The molecule has 12 heteroatoms. The van der Waals surface area contributed by atoms with E-state index >= 15 is 0 Å². The molecule has 0 radical (unpaired) electrons. The van der Waals surface area contributed by atoms with E-state index in [4.69, 9.17) is 0 Å². The average molecular weight is 536 g/mol. The molecule has 0 bridgehead atoms. The first-order valence-electron chi connectivity index (χ1n) is 11.6. The molecule has 0 saturated carbocycles. The number of carbonyl (C=O) groups is 5. The van der Waals surface area contributed by atoms with Crippen LogP contribution in [0, 0.1) is 0 Å². The van der Waals surface area contributed by atoms with Gasteiger partial charge in [-0.2, -0.15) is 0 Å². The van der Waals surface area contributed by atoms with Gasteiger partial charge < -0.3 is 20.7 Å². The van der Waals surface area contributed by atoms with E-state index in [1.807, 2.05) is 6.07 Å². The fourth-order valence-corrected chi connectivity index (χ4v) is 4.84. The van der Waals surface area contributed by atoms with Crippen LogP contribution in [-0.4, -0.2) is 52.8 Å². The van der Waals surface area contributed by atoms with Crippen LogP contribution in [0.1, 0.15) is 47.4 Å². The molecule has 1 aliphatic rings. The number of hydrogen-bond acceptors (Lipinski definition) is 8. The first-order chi connectivity index (χ1) is 18.2. The molecule has 1 fully saturated rings. The Kier molecular flexibility index (Phi) is 7.82. The molecule has 5 amide bonds. The molecule has 2 aromatic carbocycles. The lowest BCUT2D eigenvalue weighted by atomic mass is 9.91. The van der Waals surface area contributed by atoms with Crippen LogP contribution in [0.15, 0.2) is 60.0 Å². The van der Waals surface area contributed by atoms with E-state index in [-0.39, 0.29) is 16.7 Å². The molecular formula is C26H25N5O6S. The summed E-state index contributed by atoms with van der Waals surface area (Å²) < 4.78 is 4.65. The molecule has 3 N–H and O–H groups in total. The fourth-order valence-electron chi connectivity index (χ4n) is 4.16. The van der Waals surface area contributed by atoms with E-state index in [0.717, 1.165) is 21.8 Å². The fraction of sp³-hybridized carbons (Fsp3) is 0.231. The third-order valence-electron chi connectivity index (χ3n) is 6.01. The lowest BCUT2D eigenvalue weighted by molar-refractivity contribution is -0.134. The van der Waals surface area contributed by atoms with E-state index < -0.39 is 41.8 Å². The Labute approximate surface area is 222 Å². The highest BCUT2D eigenvalue weighted by molar-refractivity contribution is 7.14. The van der Waals surface area contributed by atoms with Crippen molar-refractivity contribution in [2.24, 2.45) is 0 Å². The first-order valence-corrected chi connectivity index (χ1v) is 12.5. The number of esters is 1. The van der Waals surface area contributed by atoms with Crippen molar-refractivity contribution in [3.63, 3.8) is 0 Å². The van der Waals surface area contributed by atoms with Crippen molar-refractivity contribution in [3.05, 3.63) is 76.8 Å². The molecule has 0 aliphatic carbocycles. The highest BCUT2D eigenvalue weighted by atomic mass is 32.1. The standard InChI is InChI=1S/C26H25N5O6S/c1-14(16-7-5-4-6-8-16)21(22(33)30-25-28-19(13-38-25)24(35)37-3)31-23(34)20(29-26(31)36)17-9-11-18(12-10-17)27-15(2)32/h4-14,20-21H,1-3H3,(H,27,32)(H,29,36)(H,28,30,33)/t14?,20-,21?/m1/s1. The number of aromatic nitrogens is 1. The highest BCUT2D eigenvalue weighted by Gasteiger charge is 2.47. The molecule has 4 rings (SSSR count). The Hall–Kier alpha value is -4.58. The molecule has 2 heterocycles. The summed E-state index contributed by atoms with van der Waals surface area (Å²) in [7, 11) is 1.22. The maximum atomic E-state index is 13.6. The second-order valence-electron chi connectivity index (χ2n) is 8.56. The maximum absolute atomic E-state index is 13.6. The Morgan fingerprint density at radius 1 is 1.05 bits per heavy atom. The normalized spacial score (nSPS) is 16.4. The predicted molar refractivity (Wildman–Crippen MR) is 140 cm³/mol. The lowest BCUT2D eigenvalue weighted by Gasteiger charge is -2.29. The van der Waals surface area contributed by atoms with Crippen molar-refractivity contribution < 1.29 is 28.7 Å². The number of urea groups is 1. The summed E-state index contributed by atoms with van der Waals surface area (Å²) in [5, 5.41) is 9.50. The minimum absolute atomic E-state index is 0.0261. The smallest absolute Gasteiger partial charge is 0.357 e. The van der Waals surface area contributed by atoms with E-state index in [9.17, 15) is 24.0 Å². The SMILES string of the molecule is COC(=O)c1csc(NC(=O)C(C(C)c2ccccc2)N2C(=O)N[C@H](c3ccc(NC(C)=O)cc3)C2=O)n1. The number of methoxy groups -OCH3 is 1. The van der Waals surface area contributed by atoms with Gasteiger partial charge in [0, 0.05) is 23.9 Å². The van der Waals surface area contributed by atoms with E-state index in [1.165, 1.54) is 19.4 Å². The summed E-state index contributed by atoms with van der Waals surface area (Å²) in [5.41, 5.74) is 1.80. The minimum atomic E-state index is -1.22. The monoisotopic (exact) mass is 535 g/mol. The summed E-state index contributed by atoms with van der Waals surface area (Å²) in [4.78, 5) is 68.3. The molecule has 196 valence electrons. The summed E-state index contributed by atoms with van der Waals surface area (Å²) >= 11 is 1.02. The maximum Gasteiger partial charge on any atom is 0.357 e. The van der Waals surface area contributed by atoms with Crippen molar-refractivity contribution >= 4 is 51.9 Å². The largest absolute Gasteiger partial charge is 0.464 e. The number of rotatable bonds is 8. The minimum Gasteiger partial charge on any atom is -0.464 e. The number of hydrogen-bond donors (Lipinski definition) is 3. The van der Waals surface area contributed by atoms with Gasteiger partial charge in [-0.15, -0.1) is 11.3 Å². The van der Waals surface area contributed by atoms with Gasteiger partial charge in [-0.3, -0.25) is 14.4 Å². The van der Waals surface area contributed by atoms with Crippen molar-refractivity contribution in [2.75, 3.05) is 17.7 Å². The summed E-state index contributed by atoms with van der Waals surface area (Å²) in [5.74, 6) is -2.71. The van der Waals surface area contributed by atoms with Crippen molar-refractivity contribution in [2.45, 2.75) is 31.8 Å². The number of nitrogens with one attached hydrogen (secondary N) is 3. The van der Waals surface area contributed by atoms with Crippen molar-refractivity contribution in [1.82, 2.24) is 15.2 Å². The quantitative estimate of drug-likeness (QED) is 0.296. The van der Waals surface area contributed by atoms with E-state index in [0.29, 0.717) is 11.3 Å². The van der Waals surface area contributed by atoms with Gasteiger partial charge in [-0.25, -0.2) is 19.5 Å². The molecule has 1 aromatic heterocycles. The second kappa shape index (κ2) is 11.2. The van der Waals surface area contributed by atoms with Gasteiger partial charge in [0.1, 0.15) is 12.1 Å². The van der Waals surface area contributed by atoms with E-state index in [2.05, 4.69) is 25.7 Å². The Balaban J connectivity index is 1.63. The van der Waals surface area contributed by atoms with Gasteiger partial charge in [0.25, 0.3) is 5.91 Å². The van der Waals surface area contributed by atoms with Gasteiger partial charge in [-0.05, 0) is 23.3 Å². The van der Waals surface area contributed by atoms with Gasteiger partial charge in [0.2, 0.25) is 11.8 Å². The number of carbonyl (C=O) groups excluding carboxylic acids is 5. The van der Waals surface area contributed by atoms with Crippen LogP contribution in [0.3, 0.4) is 0 Å². The Bertz CT molecular complexity index is 1370. The molecule has 0 spiro atoms. The Morgan fingerprint density at radius 2 is 1.74 bits per heavy atom. The van der Waals surface area contributed by atoms with Crippen LogP contribution in [0.2, 0.25) is 0 Å². The van der Waals surface area contributed by atoms with Crippen LogP contribution >= 0.6 is 11.3 Å². The van der Waals surface area contributed by atoms with E-state index in [1.54, 1.807) is 55.5 Å². The molecule has 3 aromatic rings. The topological polar surface area (TPSA) is 147 Å². The molecule has 3 atom stereocenters. The average Bonchev–Trinajstić information content (AvgIpc) is 3.49. The second-order valence-corrected chi connectivity index (χ2v) is 9.41. The summed E-state index contributed by atoms with van der Waals surface area (Å²) in [6.07, 6.45) is 0. The van der Waals surface area contributed by atoms with Crippen LogP contribution < -0.4 is 16.0 Å². The zero-order valence-corrected chi connectivity index (χ0v) is 21.6. The number of amides is 5. The molecule has 11 nitrogen and oxygen atoms in total. The summed E-state index contributed by atoms with van der Waals surface area (Å²) in [6, 6.07) is 12.6. The molecule has 2 unspecified atom stereocenters. The van der Waals surface area contributed by atoms with Crippen molar-refractivity contribution in [1.29, 1.82) is 0 Å². The zero-order chi connectivity index (χ0) is 27.4. The number of anilines is 2. The number of thiazole rings is 1. The van der Waals surface area contributed by atoms with Gasteiger partial charge >= 0.3 is 12.0 Å². The molecule has 38 heavy (non-hydrogen) atoms. The van der Waals surface area contributed by atoms with Crippen LogP contribution in [0.25, 0.3) is 0 Å². The highest BCUT2D eigenvalue weighted by Crippen LogP contribution is 2.31. The molecular weight excluding hydrogens is 510 g/mol. The first kappa shape index (κ1) is 26.5. The van der Waals surface area contributed by atoms with Crippen LogP contribution in [0.5, 0.6) is 0 Å². The lowest BCUT2D eigenvalue weighted by Crippen LogP contribution is -2.50. The Morgan fingerprint density at radius 3 is 2.37 bits per heavy atom. The number of benzene rings is 2. The zero-order valence-electron chi connectivity index (χ0n) is 20.8. The number of imide groups is 1. The molecule has 1 saturated heterocycles. The third kappa shape index (κ3) is 5.54. The van der Waals surface area contributed by atoms with Gasteiger partial charge in [-0.1, -0.05) is 49.4 Å². The number of nitrogens with zero attached hydrogens (tertiary/aromatic N) is 2. The summed E-state index contributed by atoms with van der Waals surface area (Å²) in [6.45, 7) is 3.13.